The van der Waals surface area contributed by atoms with Crippen LogP contribution in [0.4, 0.5) is 22.0 Å². The fraction of sp³-hybridized carbons (Fsp3) is 0.267. The molecule has 6 rings (SSSR count). The van der Waals surface area contributed by atoms with E-state index in [2.05, 4.69) is 80.8 Å². The van der Waals surface area contributed by atoms with Crippen LogP contribution in [0, 0.1) is 69.2 Å². The largest absolute Gasteiger partial charge is 0.433 e. The average molecular weight is 732 g/mol. The van der Waals surface area contributed by atoms with E-state index < -0.39 is 18.3 Å². The molecule has 0 aliphatic rings. The molecule has 3 aromatic heterocycles. The van der Waals surface area contributed by atoms with Crippen molar-refractivity contribution in [1.29, 1.82) is 0 Å². The normalized spacial score (nSPS) is 11.8. The molecule has 54 heavy (non-hydrogen) atoms. The number of hydrogen-bond donors (Lipinski definition) is 0. The maximum Gasteiger partial charge on any atom is 0.433 e. The molecule has 0 saturated heterocycles. The summed E-state index contributed by atoms with van der Waals surface area (Å²) in [5, 5.41) is 0. The number of hydrogen-bond acceptors (Lipinski definition) is 3. The molecule has 0 aliphatic heterocycles. The molecule has 0 radical (unpaired) electrons. The van der Waals surface area contributed by atoms with Crippen LogP contribution < -0.4 is 16.4 Å². The topological polar surface area (TPSA) is 38.7 Å². The van der Waals surface area contributed by atoms with Gasteiger partial charge in [0.1, 0.15) is 11.4 Å². The number of alkyl halides is 5. The second-order valence-electron chi connectivity index (χ2n) is 14.6. The molecule has 0 N–H and O–H groups in total. The fourth-order valence-electron chi connectivity index (χ4n) is 8.71. The number of pyridine rings is 3. The molecule has 0 spiro atoms. The summed E-state index contributed by atoms with van der Waals surface area (Å²) in [6.45, 7) is 20.4. The smallest absolute Gasteiger partial charge is 0.261 e. The van der Waals surface area contributed by atoms with Gasteiger partial charge in [0, 0.05) is 41.0 Å². The summed E-state index contributed by atoms with van der Waals surface area (Å²) >= 11 is 0. The van der Waals surface area contributed by atoms with E-state index in [0.717, 1.165) is 106 Å². The standard InChI is InChI=1S/C45H43BF5N3/c1-23-17-26(4)41(30(8)38(23)33-12-11-29(7)52-20-33)46(42-27(5)18-24(2)39(31(42)9)34-13-15-36(44(47)48)53-21-34)43-28(6)19-25(3)40(32(43)10)35-14-16-37(54-22-35)45(49,50)51/h11-22,44H,1-10H3. The Morgan fingerprint density at radius 1 is 0.481 bits per heavy atom. The number of aryl methyl sites for hydroxylation is 7. The first-order chi connectivity index (χ1) is 25.4. The molecule has 276 valence electrons. The zero-order valence-corrected chi connectivity index (χ0v) is 32.3. The third-order valence-electron chi connectivity index (χ3n) is 10.8. The molecule has 0 saturated carbocycles. The van der Waals surface area contributed by atoms with Crippen LogP contribution in [-0.2, 0) is 6.18 Å². The van der Waals surface area contributed by atoms with Gasteiger partial charge in [-0.1, -0.05) is 69.5 Å². The highest BCUT2D eigenvalue weighted by atomic mass is 19.4. The number of aromatic nitrogens is 3. The van der Waals surface area contributed by atoms with Crippen LogP contribution in [0.5, 0.6) is 0 Å². The Kier molecular flexibility index (Phi) is 10.4. The lowest BCUT2D eigenvalue weighted by atomic mass is 9.32. The van der Waals surface area contributed by atoms with Gasteiger partial charge in [-0.05, 0) is 138 Å². The predicted octanol–water partition coefficient (Wildman–Crippen LogP) is 10.4. The van der Waals surface area contributed by atoms with E-state index in [1.54, 1.807) is 6.07 Å². The summed E-state index contributed by atoms with van der Waals surface area (Å²) in [5.74, 6) is 0. The van der Waals surface area contributed by atoms with Gasteiger partial charge in [-0.2, -0.15) is 13.2 Å². The number of halogens is 5. The van der Waals surface area contributed by atoms with Crippen LogP contribution in [0.3, 0.4) is 0 Å². The molecular formula is C45H43BF5N3. The Labute approximate surface area is 314 Å². The maximum absolute atomic E-state index is 13.6. The summed E-state index contributed by atoms with van der Waals surface area (Å²) in [4.78, 5) is 12.6. The first-order valence-electron chi connectivity index (χ1n) is 17.9. The van der Waals surface area contributed by atoms with Gasteiger partial charge in [0.25, 0.3) is 6.43 Å². The molecule has 3 aromatic carbocycles. The van der Waals surface area contributed by atoms with Crippen LogP contribution in [0.15, 0.2) is 73.2 Å². The Bertz CT molecular complexity index is 2380. The molecule has 0 fully saturated rings. The second-order valence-corrected chi connectivity index (χ2v) is 14.6. The summed E-state index contributed by atoms with van der Waals surface area (Å²) in [7, 11) is 0. The van der Waals surface area contributed by atoms with E-state index in [-0.39, 0.29) is 12.4 Å². The minimum absolute atomic E-state index is 0.278. The van der Waals surface area contributed by atoms with Crippen LogP contribution in [0.1, 0.15) is 73.6 Å². The Balaban J connectivity index is 1.72. The molecule has 0 unspecified atom stereocenters. The monoisotopic (exact) mass is 731 g/mol. The van der Waals surface area contributed by atoms with Crippen molar-refractivity contribution in [2.45, 2.75) is 81.8 Å². The van der Waals surface area contributed by atoms with E-state index in [4.69, 9.17) is 0 Å². The van der Waals surface area contributed by atoms with Gasteiger partial charge in [-0.15, -0.1) is 0 Å². The number of nitrogens with zero attached hydrogens (tertiary/aromatic N) is 3. The van der Waals surface area contributed by atoms with Crippen molar-refractivity contribution >= 4 is 23.1 Å². The Morgan fingerprint density at radius 3 is 1.19 bits per heavy atom. The summed E-state index contributed by atoms with van der Waals surface area (Å²) in [5.41, 5.74) is 17.4. The van der Waals surface area contributed by atoms with Gasteiger partial charge >= 0.3 is 6.18 Å². The first-order valence-corrected chi connectivity index (χ1v) is 17.9. The van der Waals surface area contributed by atoms with Crippen molar-refractivity contribution < 1.29 is 22.0 Å². The second kappa shape index (κ2) is 14.6. The first kappa shape index (κ1) is 38.5. The lowest BCUT2D eigenvalue weighted by Gasteiger charge is -2.31. The highest BCUT2D eigenvalue weighted by Crippen LogP contribution is 2.34. The van der Waals surface area contributed by atoms with Crippen LogP contribution in [0.25, 0.3) is 33.4 Å². The molecule has 0 aliphatic carbocycles. The Morgan fingerprint density at radius 2 is 0.870 bits per heavy atom. The van der Waals surface area contributed by atoms with Gasteiger partial charge in [-0.3, -0.25) is 15.0 Å². The summed E-state index contributed by atoms with van der Waals surface area (Å²) in [6.07, 6.45) is -2.48. The van der Waals surface area contributed by atoms with Crippen LogP contribution >= 0.6 is 0 Å². The third kappa shape index (κ3) is 6.96. The van der Waals surface area contributed by atoms with Crippen molar-refractivity contribution in [1.82, 2.24) is 15.0 Å². The molecule has 3 heterocycles. The van der Waals surface area contributed by atoms with Crippen molar-refractivity contribution in [2.24, 2.45) is 0 Å². The van der Waals surface area contributed by atoms with Crippen molar-refractivity contribution in [2.75, 3.05) is 0 Å². The molecule has 6 aromatic rings. The predicted molar refractivity (Wildman–Crippen MR) is 211 cm³/mol. The van der Waals surface area contributed by atoms with Gasteiger partial charge in [0.05, 0.1) is 0 Å². The van der Waals surface area contributed by atoms with E-state index in [1.165, 1.54) is 24.5 Å². The highest BCUT2D eigenvalue weighted by molar-refractivity contribution is 6.97. The minimum atomic E-state index is -4.55. The minimum Gasteiger partial charge on any atom is -0.261 e. The third-order valence-corrected chi connectivity index (χ3v) is 10.8. The fourth-order valence-corrected chi connectivity index (χ4v) is 8.71. The van der Waals surface area contributed by atoms with E-state index >= 15 is 0 Å². The van der Waals surface area contributed by atoms with Crippen LogP contribution in [0.2, 0.25) is 0 Å². The molecule has 0 bridgehead atoms. The Hall–Kier alpha value is -5.18. The molecule has 9 heteroatoms. The quantitative estimate of drug-likeness (QED) is 0.121. The molecule has 3 nitrogen and oxygen atoms in total. The average Bonchev–Trinajstić information content (AvgIpc) is 3.08. The number of rotatable bonds is 7. The van der Waals surface area contributed by atoms with Crippen molar-refractivity contribution in [3.63, 3.8) is 0 Å². The maximum atomic E-state index is 13.6. The summed E-state index contributed by atoms with van der Waals surface area (Å²) in [6, 6.07) is 16.2. The van der Waals surface area contributed by atoms with E-state index in [1.807, 2.05) is 40.0 Å². The van der Waals surface area contributed by atoms with Crippen molar-refractivity contribution in [3.05, 3.63) is 140 Å². The van der Waals surface area contributed by atoms with Gasteiger partial charge in [-0.25, -0.2) is 8.78 Å². The van der Waals surface area contributed by atoms with E-state index in [0.29, 0.717) is 5.56 Å². The molecule has 0 atom stereocenters. The zero-order valence-electron chi connectivity index (χ0n) is 32.3. The van der Waals surface area contributed by atoms with Crippen molar-refractivity contribution in [3.8, 4) is 33.4 Å². The molecular weight excluding hydrogens is 688 g/mol. The summed E-state index contributed by atoms with van der Waals surface area (Å²) < 4.78 is 67.8. The lowest BCUT2D eigenvalue weighted by molar-refractivity contribution is -0.141. The van der Waals surface area contributed by atoms with Gasteiger partial charge < -0.3 is 0 Å². The van der Waals surface area contributed by atoms with Gasteiger partial charge in [0.2, 0.25) is 6.71 Å². The highest BCUT2D eigenvalue weighted by Gasteiger charge is 2.35. The van der Waals surface area contributed by atoms with Crippen LogP contribution in [-0.4, -0.2) is 21.7 Å². The zero-order chi connectivity index (χ0) is 39.4. The number of benzene rings is 3. The lowest BCUT2D eigenvalue weighted by Crippen LogP contribution is -2.58. The molecule has 0 amide bonds. The van der Waals surface area contributed by atoms with E-state index in [9.17, 15) is 22.0 Å². The van der Waals surface area contributed by atoms with Gasteiger partial charge in [0.15, 0.2) is 0 Å². The SMILES string of the molecule is Cc1ccc(-c2c(C)cc(C)c(B(c3c(C)cc(C)c(-c4ccc(C(F)F)nc4)c3C)c3c(C)cc(C)c(-c4ccc(C(F)(F)F)nc4)c3C)c2C)cn1.